The van der Waals surface area contributed by atoms with Crippen molar-refractivity contribution in [1.82, 2.24) is 24.6 Å². The van der Waals surface area contributed by atoms with Gasteiger partial charge in [0.15, 0.2) is 0 Å². The van der Waals surface area contributed by atoms with Crippen molar-refractivity contribution in [3.8, 4) is 0 Å². The number of likely N-dealkylation sites (N-methyl/N-ethyl adjacent to an activating group) is 1. The molecule has 2 aromatic heterocycles. The Morgan fingerprint density at radius 3 is 3.00 bits per heavy atom. The summed E-state index contributed by atoms with van der Waals surface area (Å²) in [5.41, 5.74) is 2.53. The Labute approximate surface area is 149 Å². The zero-order valence-electron chi connectivity index (χ0n) is 15.1. The van der Waals surface area contributed by atoms with Crippen LogP contribution in [0.2, 0.25) is 0 Å². The van der Waals surface area contributed by atoms with Crippen LogP contribution in [0.25, 0.3) is 0 Å². The van der Waals surface area contributed by atoms with Crippen molar-refractivity contribution >= 4 is 0 Å². The normalized spacial score (nSPS) is 26.9. The summed E-state index contributed by atoms with van der Waals surface area (Å²) >= 11 is 0. The van der Waals surface area contributed by atoms with Gasteiger partial charge in [-0.2, -0.15) is 5.10 Å². The number of fused-ring (bicyclic) bond motifs is 1. The van der Waals surface area contributed by atoms with Crippen LogP contribution in [0.1, 0.15) is 24.0 Å². The summed E-state index contributed by atoms with van der Waals surface area (Å²) < 4.78 is 8.11. The van der Waals surface area contributed by atoms with E-state index in [0.717, 1.165) is 32.7 Å². The summed E-state index contributed by atoms with van der Waals surface area (Å²) in [4.78, 5) is 9.26. The van der Waals surface area contributed by atoms with Crippen molar-refractivity contribution < 1.29 is 4.74 Å². The highest BCUT2D eigenvalue weighted by Crippen LogP contribution is 2.32. The van der Waals surface area contributed by atoms with Gasteiger partial charge >= 0.3 is 0 Å². The van der Waals surface area contributed by atoms with E-state index in [-0.39, 0.29) is 0 Å². The van der Waals surface area contributed by atoms with Crippen molar-refractivity contribution in [2.45, 2.75) is 44.1 Å². The lowest BCUT2D eigenvalue weighted by atomic mass is 10.00. The number of pyridine rings is 1. The highest BCUT2D eigenvalue weighted by Gasteiger charge is 2.45. The van der Waals surface area contributed by atoms with Crippen LogP contribution >= 0.6 is 0 Å². The second-order valence-corrected chi connectivity index (χ2v) is 7.34. The monoisotopic (exact) mass is 341 g/mol. The van der Waals surface area contributed by atoms with E-state index in [1.165, 1.54) is 17.5 Å². The van der Waals surface area contributed by atoms with E-state index in [2.05, 4.69) is 39.2 Å². The van der Waals surface area contributed by atoms with Gasteiger partial charge < -0.3 is 4.74 Å². The number of nitrogens with zero attached hydrogens (tertiary/aromatic N) is 5. The van der Waals surface area contributed by atoms with E-state index in [1.807, 2.05) is 36.4 Å². The molecule has 2 aliphatic heterocycles. The molecule has 134 valence electrons. The van der Waals surface area contributed by atoms with Crippen LogP contribution in [-0.4, -0.2) is 63.0 Å². The summed E-state index contributed by atoms with van der Waals surface area (Å²) in [5, 5.41) is 4.31. The number of rotatable bonds is 5. The van der Waals surface area contributed by atoms with Crippen molar-refractivity contribution in [2.75, 3.05) is 20.2 Å². The predicted octanol–water partition coefficient (Wildman–Crippen LogP) is 1.68. The van der Waals surface area contributed by atoms with Gasteiger partial charge in [0.05, 0.1) is 18.3 Å². The fraction of sp³-hybridized carbons (Fsp3) is 0.579. The largest absolute Gasteiger partial charge is 0.375 e. The summed E-state index contributed by atoms with van der Waals surface area (Å²) in [6.07, 6.45) is 10.6. The fourth-order valence-electron chi connectivity index (χ4n) is 4.28. The quantitative estimate of drug-likeness (QED) is 0.828. The smallest absolute Gasteiger partial charge is 0.0897 e. The first-order valence-corrected chi connectivity index (χ1v) is 9.13. The highest BCUT2D eigenvalue weighted by molar-refractivity contribution is 5.11. The van der Waals surface area contributed by atoms with Crippen LogP contribution in [0, 0.1) is 0 Å². The number of aromatic nitrogens is 3. The number of hydrogen-bond acceptors (Lipinski definition) is 5. The average Bonchev–Trinajstić information content (AvgIpc) is 3.20. The predicted molar refractivity (Wildman–Crippen MR) is 95.9 cm³/mol. The zero-order chi connectivity index (χ0) is 17.2. The third-order valence-corrected chi connectivity index (χ3v) is 5.47. The lowest BCUT2D eigenvalue weighted by Gasteiger charge is -2.34. The molecule has 6 heteroatoms. The number of likely N-dealkylation sites (tertiary alicyclic amines) is 1. The van der Waals surface area contributed by atoms with Crippen molar-refractivity contribution in [1.29, 1.82) is 0 Å². The highest BCUT2D eigenvalue weighted by atomic mass is 16.5. The van der Waals surface area contributed by atoms with Crippen LogP contribution in [0.4, 0.5) is 0 Å². The SMILES string of the molecule is CN(Cc1cccnc1)[C@@H]1CN(Cc2cnn(C)c2)[C@@H]2CCCO[C@H]12. The minimum absolute atomic E-state index is 0.298. The van der Waals surface area contributed by atoms with Crippen LogP contribution in [0.5, 0.6) is 0 Å². The van der Waals surface area contributed by atoms with Crippen molar-refractivity contribution in [3.63, 3.8) is 0 Å². The Morgan fingerprint density at radius 2 is 2.24 bits per heavy atom. The fourth-order valence-corrected chi connectivity index (χ4v) is 4.28. The molecule has 6 nitrogen and oxygen atoms in total. The molecule has 2 aliphatic rings. The maximum atomic E-state index is 6.23. The van der Waals surface area contributed by atoms with Crippen LogP contribution in [-0.2, 0) is 24.9 Å². The van der Waals surface area contributed by atoms with Gasteiger partial charge in [0.25, 0.3) is 0 Å². The van der Waals surface area contributed by atoms with Gasteiger partial charge in [0.1, 0.15) is 0 Å². The summed E-state index contributed by atoms with van der Waals surface area (Å²) in [5.74, 6) is 0. The molecule has 0 radical (unpaired) electrons. The Hall–Kier alpha value is -1.76. The molecule has 2 saturated heterocycles. The van der Waals surface area contributed by atoms with Gasteiger partial charge in [-0.15, -0.1) is 0 Å². The minimum atomic E-state index is 0.298. The van der Waals surface area contributed by atoms with E-state index >= 15 is 0 Å². The molecule has 0 N–H and O–H groups in total. The molecule has 0 saturated carbocycles. The van der Waals surface area contributed by atoms with Gasteiger partial charge in [-0.3, -0.25) is 19.5 Å². The number of aryl methyl sites for hydroxylation is 1. The summed E-state index contributed by atoms with van der Waals surface area (Å²) in [6, 6.07) is 5.08. The summed E-state index contributed by atoms with van der Waals surface area (Å²) in [6.45, 7) is 3.79. The van der Waals surface area contributed by atoms with E-state index in [4.69, 9.17) is 4.74 Å². The van der Waals surface area contributed by atoms with Gasteiger partial charge in [-0.1, -0.05) is 6.07 Å². The molecule has 0 bridgehead atoms. The van der Waals surface area contributed by atoms with E-state index in [9.17, 15) is 0 Å². The zero-order valence-corrected chi connectivity index (χ0v) is 15.1. The first kappa shape index (κ1) is 16.7. The molecular weight excluding hydrogens is 314 g/mol. The van der Waals surface area contributed by atoms with Crippen LogP contribution in [0.3, 0.4) is 0 Å². The Kier molecular flexibility index (Phi) is 4.83. The molecule has 0 aromatic carbocycles. The van der Waals surface area contributed by atoms with E-state index < -0.39 is 0 Å². The van der Waals surface area contributed by atoms with E-state index in [1.54, 1.807) is 0 Å². The maximum Gasteiger partial charge on any atom is 0.0897 e. The van der Waals surface area contributed by atoms with Gasteiger partial charge in [0, 0.05) is 63.5 Å². The van der Waals surface area contributed by atoms with Crippen LogP contribution in [0.15, 0.2) is 36.9 Å². The third-order valence-electron chi connectivity index (χ3n) is 5.47. The Balaban J connectivity index is 1.48. The number of hydrogen-bond donors (Lipinski definition) is 0. The van der Waals surface area contributed by atoms with Gasteiger partial charge in [-0.05, 0) is 31.5 Å². The second kappa shape index (κ2) is 7.23. The standard InChI is InChI=1S/C19H27N5O/c1-22(11-15-5-3-7-20-9-15)18-14-24(13-16-10-21-23(2)12-16)17-6-4-8-25-19(17)18/h3,5,7,9-10,12,17-19H,4,6,8,11,13-14H2,1-2H3/t17-,18-,19+/m1/s1. The molecule has 2 aromatic rings. The molecule has 3 atom stereocenters. The molecule has 0 amide bonds. The molecule has 4 rings (SSSR count). The van der Waals surface area contributed by atoms with Crippen LogP contribution < -0.4 is 0 Å². The van der Waals surface area contributed by atoms with Crippen molar-refractivity contribution in [3.05, 3.63) is 48.0 Å². The lowest BCUT2D eigenvalue weighted by molar-refractivity contribution is -0.0385. The van der Waals surface area contributed by atoms with Gasteiger partial charge in [0.2, 0.25) is 0 Å². The molecular formula is C19H27N5O. The molecule has 0 spiro atoms. The van der Waals surface area contributed by atoms with Gasteiger partial charge in [-0.25, -0.2) is 0 Å². The van der Waals surface area contributed by atoms with E-state index in [0.29, 0.717) is 18.2 Å². The number of ether oxygens (including phenoxy) is 1. The molecule has 0 unspecified atom stereocenters. The summed E-state index contributed by atoms with van der Waals surface area (Å²) in [7, 11) is 4.19. The topological polar surface area (TPSA) is 46.4 Å². The first-order valence-electron chi connectivity index (χ1n) is 9.13. The average molecular weight is 341 g/mol. The lowest BCUT2D eigenvalue weighted by Crippen LogP contribution is -2.46. The minimum Gasteiger partial charge on any atom is -0.375 e. The third kappa shape index (κ3) is 3.61. The maximum absolute atomic E-state index is 6.23. The molecule has 0 aliphatic carbocycles. The first-order chi connectivity index (χ1) is 12.2. The Bertz CT molecular complexity index is 688. The molecule has 2 fully saturated rings. The second-order valence-electron chi connectivity index (χ2n) is 7.34. The molecule has 25 heavy (non-hydrogen) atoms. The molecule has 4 heterocycles. The van der Waals surface area contributed by atoms with Crippen molar-refractivity contribution in [2.24, 2.45) is 7.05 Å². The Morgan fingerprint density at radius 1 is 1.32 bits per heavy atom.